The fourth-order valence-corrected chi connectivity index (χ4v) is 0.469. The van der Waals surface area contributed by atoms with Crippen LogP contribution in [0.15, 0.2) is 17.3 Å². The first-order chi connectivity index (χ1) is 3.39. The van der Waals surface area contributed by atoms with Crippen LogP contribution in [0.4, 0.5) is 0 Å². The van der Waals surface area contributed by atoms with Crippen molar-refractivity contribution >= 4 is 6.21 Å². The summed E-state index contributed by atoms with van der Waals surface area (Å²) in [5.41, 5.74) is 4.01. The van der Waals surface area contributed by atoms with E-state index in [4.69, 9.17) is 0 Å². The van der Waals surface area contributed by atoms with E-state index in [1.54, 1.807) is 0 Å². The molecular weight excluding hydrogens is 88.1 g/mol. The van der Waals surface area contributed by atoms with E-state index < -0.39 is 0 Å². The first kappa shape index (κ1) is 4.37. The van der Waals surface area contributed by atoms with Gasteiger partial charge in [0.2, 0.25) is 0 Å². The lowest BCUT2D eigenvalue weighted by atomic mass is 10.2. The van der Waals surface area contributed by atoms with Gasteiger partial charge in [-0.15, -0.1) is 0 Å². The maximum absolute atomic E-state index is 3.79. The van der Waals surface area contributed by atoms with Gasteiger partial charge in [-0.1, -0.05) is 12.2 Å². The SMILES string of the molecule is C=C1CC=NNC1. The molecule has 0 unspecified atom stereocenters. The number of nitrogens with one attached hydrogen (secondary N) is 1. The fourth-order valence-electron chi connectivity index (χ4n) is 0.469. The molecule has 38 valence electrons. The lowest BCUT2D eigenvalue weighted by Gasteiger charge is -2.05. The summed E-state index contributed by atoms with van der Waals surface area (Å²) in [6.45, 7) is 4.60. The lowest BCUT2D eigenvalue weighted by molar-refractivity contribution is 0.771. The number of rotatable bonds is 0. The Balaban J connectivity index is 2.47. The van der Waals surface area contributed by atoms with Gasteiger partial charge in [-0.25, -0.2) is 0 Å². The maximum atomic E-state index is 3.79. The summed E-state index contributed by atoms with van der Waals surface area (Å²) in [6, 6.07) is 0. The Morgan fingerprint density at radius 1 is 1.86 bits per heavy atom. The highest BCUT2D eigenvalue weighted by atomic mass is 15.3. The summed E-state index contributed by atoms with van der Waals surface area (Å²) in [6.07, 6.45) is 2.76. The third kappa shape index (κ3) is 1.03. The summed E-state index contributed by atoms with van der Waals surface area (Å²) < 4.78 is 0. The molecule has 0 atom stereocenters. The lowest BCUT2D eigenvalue weighted by Crippen LogP contribution is -2.14. The van der Waals surface area contributed by atoms with E-state index >= 15 is 0 Å². The first-order valence-corrected chi connectivity index (χ1v) is 2.30. The molecule has 1 aliphatic heterocycles. The average molecular weight is 96.1 g/mol. The van der Waals surface area contributed by atoms with Gasteiger partial charge in [-0.3, -0.25) is 0 Å². The zero-order valence-corrected chi connectivity index (χ0v) is 4.15. The van der Waals surface area contributed by atoms with E-state index in [1.165, 1.54) is 5.57 Å². The van der Waals surface area contributed by atoms with Crippen molar-refractivity contribution in [3.63, 3.8) is 0 Å². The predicted octanol–water partition coefficient (Wildman–Crippen LogP) is 0.522. The molecular formula is C5H8N2. The highest BCUT2D eigenvalue weighted by Gasteiger charge is 1.92. The van der Waals surface area contributed by atoms with Crippen molar-refractivity contribution in [3.05, 3.63) is 12.2 Å². The molecule has 0 amide bonds. The van der Waals surface area contributed by atoms with Gasteiger partial charge in [0.05, 0.1) is 6.54 Å². The minimum absolute atomic E-state index is 0.844. The molecule has 0 saturated heterocycles. The highest BCUT2D eigenvalue weighted by Crippen LogP contribution is 1.95. The molecule has 7 heavy (non-hydrogen) atoms. The van der Waals surface area contributed by atoms with Gasteiger partial charge >= 0.3 is 0 Å². The smallest absolute Gasteiger partial charge is 0.0540 e. The molecule has 2 heteroatoms. The zero-order chi connectivity index (χ0) is 5.11. The van der Waals surface area contributed by atoms with E-state index in [-0.39, 0.29) is 0 Å². The number of hydrazone groups is 1. The Morgan fingerprint density at radius 2 is 2.71 bits per heavy atom. The molecule has 0 aromatic rings. The summed E-state index contributed by atoms with van der Waals surface area (Å²) in [5, 5.41) is 3.79. The third-order valence-corrected chi connectivity index (χ3v) is 0.892. The number of hydrogen-bond donors (Lipinski definition) is 1. The van der Waals surface area contributed by atoms with E-state index in [0.29, 0.717) is 0 Å². The van der Waals surface area contributed by atoms with Crippen LogP contribution < -0.4 is 5.43 Å². The second kappa shape index (κ2) is 1.78. The van der Waals surface area contributed by atoms with Crippen LogP contribution in [0.5, 0.6) is 0 Å². The summed E-state index contributed by atoms with van der Waals surface area (Å²) >= 11 is 0. The third-order valence-electron chi connectivity index (χ3n) is 0.892. The van der Waals surface area contributed by atoms with E-state index in [9.17, 15) is 0 Å². The molecule has 1 aliphatic rings. The van der Waals surface area contributed by atoms with Crippen LogP contribution in [-0.2, 0) is 0 Å². The van der Waals surface area contributed by atoms with Crippen LogP contribution in [0.3, 0.4) is 0 Å². The Hall–Kier alpha value is -0.790. The Kier molecular flexibility index (Phi) is 1.11. The van der Waals surface area contributed by atoms with Crippen molar-refractivity contribution in [1.82, 2.24) is 5.43 Å². The monoisotopic (exact) mass is 96.1 g/mol. The minimum atomic E-state index is 0.844. The summed E-state index contributed by atoms with van der Waals surface area (Å²) in [4.78, 5) is 0. The van der Waals surface area contributed by atoms with Crippen molar-refractivity contribution in [2.75, 3.05) is 6.54 Å². The number of hydrogen-bond acceptors (Lipinski definition) is 2. The van der Waals surface area contributed by atoms with E-state index in [1.807, 2.05) is 6.21 Å². The topological polar surface area (TPSA) is 24.4 Å². The highest BCUT2D eigenvalue weighted by molar-refractivity contribution is 5.61. The van der Waals surface area contributed by atoms with Crippen LogP contribution in [-0.4, -0.2) is 12.8 Å². The van der Waals surface area contributed by atoms with Gasteiger partial charge in [0.1, 0.15) is 0 Å². The Morgan fingerprint density at radius 3 is 3.00 bits per heavy atom. The van der Waals surface area contributed by atoms with Gasteiger partial charge in [0.15, 0.2) is 0 Å². The van der Waals surface area contributed by atoms with Gasteiger partial charge in [-0.2, -0.15) is 5.10 Å². The molecule has 0 bridgehead atoms. The molecule has 1 heterocycles. The van der Waals surface area contributed by atoms with Crippen LogP contribution >= 0.6 is 0 Å². The normalized spacial score (nSPS) is 19.1. The molecule has 1 rings (SSSR count). The average Bonchev–Trinajstić information content (AvgIpc) is 1.69. The number of nitrogens with zero attached hydrogens (tertiary/aromatic N) is 1. The van der Waals surface area contributed by atoms with Gasteiger partial charge in [0.25, 0.3) is 0 Å². The molecule has 2 nitrogen and oxygen atoms in total. The largest absolute Gasteiger partial charge is 0.306 e. The minimum Gasteiger partial charge on any atom is -0.306 e. The van der Waals surface area contributed by atoms with Gasteiger partial charge < -0.3 is 5.43 Å². The molecule has 0 aromatic heterocycles. The van der Waals surface area contributed by atoms with Crippen molar-refractivity contribution in [3.8, 4) is 0 Å². The fraction of sp³-hybridized carbons (Fsp3) is 0.400. The van der Waals surface area contributed by atoms with Crippen LogP contribution in [0.25, 0.3) is 0 Å². The van der Waals surface area contributed by atoms with Crippen molar-refractivity contribution in [1.29, 1.82) is 0 Å². The zero-order valence-electron chi connectivity index (χ0n) is 4.15. The van der Waals surface area contributed by atoms with Crippen molar-refractivity contribution in [2.45, 2.75) is 6.42 Å². The van der Waals surface area contributed by atoms with Crippen molar-refractivity contribution < 1.29 is 0 Å². The first-order valence-electron chi connectivity index (χ1n) is 2.30. The van der Waals surface area contributed by atoms with E-state index in [0.717, 1.165) is 13.0 Å². The standard InChI is InChI=1S/C5H8N2/c1-5-2-3-6-7-4-5/h3,7H,1-2,4H2. The van der Waals surface area contributed by atoms with Crippen molar-refractivity contribution in [2.24, 2.45) is 5.10 Å². The molecule has 0 fully saturated rings. The van der Waals surface area contributed by atoms with Gasteiger partial charge in [-0.05, 0) is 0 Å². The summed E-state index contributed by atoms with van der Waals surface area (Å²) in [5.74, 6) is 0. The van der Waals surface area contributed by atoms with Crippen LogP contribution in [0, 0.1) is 0 Å². The van der Waals surface area contributed by atoms with E-state index in [2.05, 4.69) is 17.1 Å². The molecule has 0 saturated carbocycles. The molecule has 1 N–H and O–H groups in total. The van der Waals surface area contributed by atoms with Gasteiger partial charge in [0, 0.05) is 12.6 Å². The molecule has 0 aromatic carbocycles. The predicted molar refractivity (Wildman–Crippen MR) is 30.3 cm³/mol. The summed E-state index contributed by atoms with van der Waals surface area (Å²) in [7, 11) is 0. The van der Waals surface area contributed by atoms with Crippen LogP contribution in [0.1, 0.15) is 6.42 Å². The quantitative estimate of drug-likeness (QED) is 0.437. The second-order valence-electron chi connectivity index (χ2n) is 1.60. The second-order valence-corrected chi connectivity index (χ2v) is 1.60. The molecule has 0 aliphatic carbocycles. The van der Waals surface area contributed by atoms with Crippen LogP contribution in [0.2, 0.25) is 0 Å². The molecule has 0 radical (unpaired) electrons. The Labute approximate surface area is 42.9 Å². The molecule has 0 spiro atoms. The maximum Gasteiger partial charge on any atom is 0.0540 e. The Bertz CT molecular complexity index is 105.